The van der Waals surface area contributed by atoms with Gasteiger partial charge in [-0.15, -0.1) is 10.2 Å². The summed E-state index contributed by atoms with van der Waals surface area (Å²) in [5.74, 6) is -0.116. The van der Waals surface area contributed by atoms with Crippen LogP contribution in [0.1, 0.15) is 6.92 Å². The third-order valence-electron chi connectivity index (χ3n) is 3.29. The van der Waals surface area contributed by atoms with Crippen LogP contribution in [-0.4, -0.2) is 21.1 Å². The van der Waals surface area contributed by atoms with Crippen molar-refractivity contribution >= 4 is 56.6 Å². The van der Waals surface area contributed by atoms with Gasteiger partial charge in [0.15, 0.2) is 9.92 Å². The van der Waals surface area contributed by atoms with E-state index in [-0.39, 0.29) is 5.91 Å². The zero-order chi connectivity index (χ0) is 17.9. The van der Waals surface area contributed by atoms with E-state index in [9.17, 15) is 4.79 Å². The third-order valence-corrected chi connectivity index (χ3v) is 5.03. The molecule has 2 N–H and O–H groups in total. The van der Waals surface area contributed by atoms with Crippen molar-refractivity contribution < 1.29 is 9.21 Å². The number of nitrogens with one attached hydrogen (secondary N) is 2. The van der Waals surface area contributed by atoms with Crippen molar-refractivity contribution in [2.75, 3.05) is 10.6 Å². The highest BCUT2D eigenvalue weighted by Crippen LogP contribution is 2.34. The Morgan fingerprint density at radius 3 is 2.81 bits per heavy atom. The van der Waals surface area contributed by atoms with Crippen LogP contribution in [0, 0.1) is 0 Å². The number of nitrogens with zero attached hydrogens (tertiary/aromatic N) is 3. The highest BCUT2D eigenvalue weighted by molar-refractivity contribution is 8.00. The summed E-state index contributed by atoms with van der Waals surface area (Å²) in [5.41, 5.74) is 3.08. The average molecular weight is 383 g/mol. The maximum atomic E-state index is 11.2. The fourth-order valence-electron chi connectivity index (χ4n) is 2.27. The molecular weight excluding hydrogens is 370 g/mol. The van der Waals surface area contributed by atoms with E-state index in [2.05, 4.69) is 25.8 Å². The number of carbonyl (C=O) groups excluding carboxylic acids is 1. The van der Waals surface area contributed by atoms with Crippen LogP contribution in [-0.2, 0) is 4.79 Å². The summed E-state index contributed by atoms with van der Waals surface area (Å²) in [6.07, 6.45) is 0. The molecule has 0 radical (unpaired) electrons. The normalized spacial score (nSPS) is 10.8. The second-order valence-electron chi connectivity index (χ2n) is 5.31. The fraction of sp³-hybridized carbons (Fsp3) is 0.0588. The monoisotopic (exact) mass is 383 g/mol. The number of carbonyl (C=O) groups is 1. The van der Waals surface area contributed by atoms with Crippen molar-refractivity contribution in [1.29, 1.82) is 0 Å². The molecule has 0 aliphatic heterocycles. The molecule has 0 aliphatic carbocycles. The number of oxazole rings is 1. The van der Waals surface area contributed by atoms with Crippen LogP contribution < -0.4 is 10.6 Å². The number of fused-ring (bicyclic) bond motifs is 1. The standard InChI is InChI=1S/C17H13N5O2S2/c1-10(23)18-11-5-4-6-12(9-11)19-15-21-22-17(25-15)26-16-20-13-7-2-3-8-14(13)24-16/h2-9H,1H3,(H,18,23)(H,19,21). The summed E-state index contributed by atoms with van der Waals surface area (Å²) in [4.78, 5) is 15.6. The van der Waals surface area contributed by atoms with E-state index >= 15 is 0 Å². The lowest BCUT2D eigenvalue weighted by atomic mass is 10.3. The first-order valence-electron chi connectivity index (χ1n) is 7.67. The summed E-state index contributed by atoms with van der Waals surface area (Å²) < 4.78 is 6.40. The van der Waals surface area contributed by atoms with Gasteiger partial charge in [-0.3, -0.25) is 4.79 Å². The average Bonchev–Trinajstić information content (AvgIpc) is 3.21. The lowest BCUT2D eigenvalue weighted by Gasteiger charge is -2.05. The molecule has 2 heterocycles. The number of amides is 1. The lowest BCUT2D eigenvalue weighted by molar-refractivity contribution is -0.114. The number of rotatable bonds is 5. The van der Waals surface area contributed by atoms with E-state index in [0.29, 0.717) is 16.0 Å². The zero-order valence-electron chi connectivity index (χ0n) is 13.6. The number of hydrogen-bond acceptors (Lipinski definition) is 8. The predicted molar refractivity (Wildman–Crippen MR) is 102 cm³/mol. The van der Waals surface area contributed by atoms with Crippen molar-refractivity contribution in [3.8, 4) is 0 Å². The van der Waals surface area contributed by atoms with Gasteiger partial charge in [-0.1, -0.05) is 29.5 Å². The first-order chi connectivity index (χ1) is 12.7. The summed E-state index contributed by atoms with van der Waals surface area (Å²) >= 11 is 2.72. The van der Waals surface area contributed by atoms with Gasteiger partial charge in [-0.25, -0.2) is 4.98 Å². The molecule has 2 aromatic carbocycles. The zero-order valence-corrected chi connectivity index (χ0v) is 15.2. The van der Waals surface area contributed by atoms with E-state index in [4.69, 9.17) is 4.42 Å². The Labute approximate surface area is 156 Å². The SMILES string of the molecule is CC(=O)Nc1cccc(Nc2nnc(Sc3nc4ccccc4o3)s2)c1. The largest absolute Gasteiger partial charge is 0.431 e. The molecule has 0 saturated heterocycles. The van der Waals surface area contributed by atoms with Crippen LogP contribution in [0.25, 0.3) is 11.1 Å². The Kier molecular flexibility index (Phi) is 4.55. The molecule has 26 heavy (non-hydrogen) atoms. The van der Waals surface area contributed by atoms with Crippen LogP contribution in [0.15, 0.2) is 62.5 Å². The molecule has 4 aromatic rings. The topological polar surface area (TPSA) is 92.9 Å². The van der Waals surface area contributed by atoms with Crippen molar-refractivity contribution in [2.24, 2.45) is 0 Å². The van der Waals surface area contributed by atoms with Crippen molar-refractivity contribution in [1.82, 2.24) is 15.2 Å². The van der Waals surface area contributed by atoms with Crippen LogP contribution in [0.5, 0.6) is 0 Å². The number of para-hydroxylation sites is 2. The summed E-state index contributed by atoms with van der Waals surface area (Å²) in [6.45, 7) is 1.47. The van der Waals surface area contributed by atoms with E-state index in [1.807, 2.05) is 48.5 Å². The quantitative estimate of drug-likeness (QED) is 0.523. The summed E-state index contributed by atoms with van der Waals surface area (Å²) in [6, 6.07) is 15.0. The van der Waals surface area contributed by atoms with Crippen molar-refractivity contribution in [3.05, 3.63) is 48.5 Å². The van der Waals surface area contributed by atoms with Crippen LogP contribution in [0.3, 0.4) is 0 Å². The fourth-order valence-corrected chi connectivity index (χ4v) is 3.89. The highest BCUT2D eigenvalue weighted by Gasteiger charge is 2.12. The minimum Gasteiger partial charge on any atom is -0.431 e. The maximum Gasteiger partial charge on any atom is 0.264 e. The Bertz CT molecular complexity index is 1040. The summed E-state index contributed by atoms with van der Waals surface area (Å²) in [5, 5.41) is 15.4. The first-order valence-corrected chi connectivity index (χ1v) is 9.31. The van der Waals surface area contributed by atoms with Gasteiger partial charge in [0.25, 0.3) is 5.22 Å². The molecule has 0 saturated carbocycles. The number of benzene rings is 2. The molecule has 9 heteroatoms. The van der Waals surface area contributed by atoms with E-state index in [1.54, 1.807) is 0 Å². The maximum absolute atomic E-state index is 11.2. The Balaban J connectivity index is 1.47. The molecule has 0 unspecified atom stereocenters. The van der Waals surface area contributed by atoms with Crippen LogP contribution in [0.2, 0.25) is 0 Å². The van der Waals surface area contributed by atoms with Crippen LogP contribution >= 0.6 is 23.1 Å². The Hall–Kier alpha value is -2.91. The molecule has 0 bridgehead atoms. The second-order valence-corrected chi connectivity index (χ2v) is 7.49. The van der Waals surface area contributed by atoms with Gasteiger partial charge in [-0.05, 0) is 30.3 Å². The van der Waals surface area contributed by atoms with Gasteiger partial charge in [0, 0.05) is 30.1 Å². The van der Waals surface area contributed by atoms with Crippen molar-refractivity contribution in [3.63, 3.8) is 0 Å². The number of anilines is 3. The third kappa shape index (κ3) is 3.84. The number of aromatic nitrogens is 3. The minimum atomic E-state index is -0.116. The molecular formula is C17H13N5O2S2. The molecule has 0 fully saturated rings. The van der Waals surface area contributed by atoms with Gasteiger partial charge in [0.2, 0.25) is 11.0 Å². The highest BCUT2D eigenvalue weighted by atomic mass is 32.2. The van der Waals surface area contributed by atoms with E-state index < -0.39 is 0 Å². The molecule has 2 aromatic heterocycles. The molecule has 0 aliphatic rings. The molecule has 130 valence electrons. The van der Waals surface area contributed by atoms with Crippen LogP contribution in [0.4, 0.5) is 16.5 Å². The predicted octanol–water partition coefficient (Wildman–Crippen LogP) is 4.53. The Morgan fingerprint density at radius 2 is 1.96 bits per heavy atom. The molecule has 0 atom stereocenters. The number of hydrogen-bond donors (Lipinski definition) is 2. The van der Waals surface area contributed by atoms with Gasteiger partial charge < -0.3 is 15.1 Å². The molecule has 4 rings (SSSR count). The molecule has 1 amide bonds. The van der Waals surface area contributed by atoms with Gasteiger partial charge in [0.1, 0.15) is 5.52 Å². The van der Waals surface area contributed by atoms with Gasteiger partial charge in [0.05, 0.1) is 0 Å². The minimum absolute atomic E-state index is 0.116. The molecule has 0 spiro atoms. The summed E-state index contributed by atoms with van der Waals surface area (Å²) in [7, 11) is 0. The van der Waals surface area contributed by atoms with Crippen molar-refractivity contribution in [2.45, 2.75) is 16.5 Å². The van der Waals surface area contributed by atoms with E-state index in [0.717, 1.165) is 21.1 Å². The van der Waals surface area contributed by atoms with E-state index in [1.165, 1.54) is 30.0 Å². The Morgan fingerprint density at radius 1 is 1.12 bits per heavy atom. The second kappa shape index (κ2) is 7.14. The first kappa shape index (κ1) is 16.6. The van der Waals surface area contributed by atoms with Gasteiger partial charge in [-0.2, -0.15) is 0 Å². The molecule has 7 nitrogen and oxygen atoms in total. The lowest BCUT2D eigenvalue weighted by Crippen LogP contribution is -2.05. The van der Waals surface area contributed by atoms with Gasteiger partial charge >= 0.3 is 0 Å². The smallest absolute Gasteiger partial charge is 0.264 e.